The Labute approximate surface area is 117 Å². The molecule has 0 atom stereocenters. The van der Waals surface area contributed by atoms with E-state index in [9.17, 15) is 0 Å². The smallest absolute Gasteiger partial charge is 0.132 e. The van der Waals surface area contributed by atoms with E-state index in [4.69, 9.17) is 11.0 Å². The van der Waals surface area contributed by atoms with E-state index >= 15 is 0 Å². The molecule has 3 nitrogen and oxygen atoms in total. The molecule has 4 heteroatoms. The summed E-state index contributed by atoms with van der Waals surface area (Å²) in [6.07, 6.45) is 1.07. The standard InChI is InChI=1S/C15H17N3S/c1-10(2)7-11-3-5-12(6-4-11)15-13(8-16)19-14(9-17)18-15/h3-6,10H,7,9,17H2,1-2H3. The van der Waals surface area contributed by atoms with Crippen molar-refractivity contribution in [1.29, 1.82) is 5.26 Å². The molecular formula is C15H17N3S. The molecule has 1 aromatic heterocycles. The molecule has 98 valence electrons. The third-order valence-electron chi connectivity index (χ3n) is 2.82. The summed E-state index contributed by atoms with van der Waals surface area (Å²) < 4.78 is 0. The lowest BCUT2D eigenvalue weighted by Crippen LogP contribution is -1.95. The largest absolute Gasteiger partial charge is 0.325 e. The first kappa shape index (κ1) is 13.7. The number of nitrogens with zero attached hydrogens (tertiary/aromatic N) is 2. The van der Waals surface area contributed by atoms with Crippen molar-refractivity contribution in [1.82, 2.24) is 4.98 Å². The van der Waals surface area contributed by atoms with Crippen molar-refractivity contribution in [3.8, 4) is 17.3 Å². The van der Waals surface area contributed by atoms with Gasteiger partial charge in [0.2, 0.25) is 0 Å². The van der Waals surface area contributed by atoms with Crippen LogP contribution < -0.4 is 5.73 Å². The molecule has 2 aromatic rings. The second kappa shape index (κ2) is 5.96. The molecule has 1 heterocycles. The van der Waals surface area contributed by atoms with E-state index in [-0.39, 0.29) is 0 Å². The van der Waals surface area contributed by atoms with Gasteiger partial charge >= 0.3 is 0 Å². The minimum absolute atomic E-state index is 0.380. The number of nitrogens with two attached hydrogens (primary N) is 1. The summed E-state index contributed by atoms with van der Waals surface area (Å²) >= 11 is 1.37. The number of benzene rings is 1. The van der Waals surface area contributed by atoms with E-state index in [0.29, 0.717) is 17.3 Å². The number of thiazole rings is 1. The van der Waals surface area contributed by atoms with Crippen LogP contribution in [0.2, 0.25) is 0 Å². The van der Waals surface area contributed by atoms with Gasteiger partial charge in [-0.15, -0.1) is 11.3 Å². The van der Waals surface area contributed by atoms with Crippen LogP contribution in [0.4, 0.5) is 0 Å². The highest BCUT2D eigenvalue weighted by molar-refractivity contribution is 7.12. The lowest BCUT2D eigenvalue weighted by Gasteiger charge is -2.05. The summed E-state index contributed by atoms with van der Waals surface area (Å²) in [6.45, 7) is 4.79. The Morgan fingerprint density at radius 2 is 2.00 bits per heavy atom. The minimum atomic E-state index is 0.380. The van der Waals surface area contributed by atoms with Crippen molar-refractivity contribution >= 4 is 11.3 Å². The second-order valence-electron chi connectivity index (χ2n) is 4.90. The zero-order chi connectivity index (χ0) is 13.8. The number of rotatable bonds is 4. The van der Waals surface area contributed by atoms with Gasteiger partial charge in [0.25, 0.3) is 0 Å². The maximum Gasteiger partial charge on any atom is 0.132 e. The first-order valence-electron chi connectivity index (χ1n) is 6.33. The third kappa shape index (κ3) is 3.19. The van der Waals surface area contributed by atoms with Crippen LogP contribution in [-0.2, 0) is 13.0 Å². The maximum absolute atomic E-state index is 9.14. The average Bonchev–Trinajstić information content (AvgIpc) is 2.82. The van der Waals surface area contributed by atoms with Crippen molar-refractivity contribution in [3.05, 3.63) is 39.7 Å². The van der Waals surface area contributed by atoms with Gasteiger partial charge in [0, 0.05) is 12.1 Å². The molecule has 2 rings (SSSR count). The van der Waals surface area contributed by atoms with Gasteiger partial charge in [-0.2, -0.15) is 5.26 Å². The molecule has 0 amide bonds. The third-order valence-corrected chi connectivity index (χ3v) is 3.80. The number of hydrogen-bond acceptors (Lipinski definition) is 4. The Kier molecular flexibility index (Phi) is 4.31. The van der Waals surface area contributed by atoms with Gasteiger partial charge in [-0.05, 0) is 17.9 Å². The molecule has 0 aliphatic heterocycles. The highest BCUT2D eigenvalue weighted by Crippen LogP contribution is 2.28. The van der Waals surface area contributed by atoms with E-state index in [1.54, 1.807) is 0 Å². The fourth-order valence-corrected chi connectivity index (χ4v) is 2.75. The lowest BCUT2D eigenvalue weighted by molar-refractivity contribution is 0.647. The molecule has 0 aliphatic rings. The van der Waals surface area contributed by atoms with Gasteiger partial charge in [-0.25, -0.2) is 4.98 Å². The molecule has 0 saturated carbocycles. The van der Waals surface area contributed by atoms with Crippen LogP contribution in [0.5, 0.6) is 0 Å². The van der Waals surface area contributed by atoms with Crippen LogP contribution in [0.3, 0.4) is 0 Å². The summed E-state index contributed by atoms with van der Waals surface area (Å²) in [5, 5.41) is 9.95. The fourth-order valence-electron chi connectivity index (χ4n) is 1.99. The first-order chi connectivity index (χ1) is 9.13. The van der Waals surface area contributed by atoms with Gasteiger partial charge in [0.05, 0.1) is 5.69 Å². The monoisotopic (exact) mass is 271 g/mol. The quantitative estimate of drug-likeness (QED) is 0.927. The minimum Gasteiger partial charge on any atom is -0.325 e. The molecule has 2 N–H and O–H groups in total. The van der Waals surface area contributed by atoms with Crippen molar-refractivity contribution < 1.29 is 0 Å². The Balaban J connectivity index is 2.32. The highest BCUT2D eigenvalue weighted by Gasteiger charge is 2.12. The van der Waals surface area contributed by atoms with E-state index in [0.717, 1.165) is 22.7 Å². The number of nitriles is 1. The maximum atomic E-state index is 9.14. The molecule has 0 fully saturated rings. The summed E-state index contributed by atoms with van der Waals surface area (Å²) in [6, 6.07) is 10.5. The van der Waals surface area contributed by atoms with Gasteiger partial charge in [0.15, 0.2) is 0 Å². The van der Waals surface area contributed by atoms with Gasteiger partial charge in [-0.3, -0.25) is 0 Å². The normalized spacial score (nSPS) is 10.7. The Bertz CT molecular complexity index is 591. The van der Waals surface area contributed by atoms with Crippen molar-refractivity contribution in [3.63, 3.8) is 0 Å². The van der Waals surface area contributed by atoms with Crippen LogP contribution in [0.25, 0.3) is 11.3 Å². The van der Waals surface area contributed by atoms with Crippen LogP contribution >= 0.6 is 11.3 Å². The Morgan fingerprint density at radius 1 is 1.32 bits per heavy atom. The van der Waals surface area contributed by atoms with E-state index in [1.165, 1.54) is 16.9 Å². The lowest BCUT2D eigenvalue weighted by atomic mass is 10.0. The molecule has 0 aliphatic carbocycles. The van der Waals surface area contributed by atoms with Crippen LogP contribution in [-0.4, -0.2) is 4.98 Å². The number of aromatic nitrogens is 1. The van der Waals surface area contributed by atoms with E-state index < -0.39 is 0 Å². The predicted octanol–water partition coefficient (Wildman–Crippen LogP) is 3.34. The zero-order valence-electron chi connectivity index (χ0n) is 11.2. The van der Waals surface area contributed by atoms with Gasteiger partial charge in [-0.1, -0.05) is 38.1 Å². The van der Waals surface area contributed by atoms with Crippen LogP contribution in [0.1, 0.15) is 29.3 Å². The van der Waals surface area contributed by atoms with E-state index in [1.807, 2.05) is 12.1 Å². The summed E-state index contributed by atoms with van der Waals surface area (Å²) in [7, 11) is 0. The van der Waals surface area contributed by atoms with Crippen molar-refractivity contribution in [2.45, 2.75) is 26.8 Å². The SMILES string of the molecule is CC(C)Cc1ccc(-c2nc(CN)sc2C#N)cc1. The molecule has 0 unspecified atom stereocenters. The Hall–Kier alpha value is -1.70. The summed E-state index contributed by atoms with van der Waals surface area (Å²) in [5.74, 6) is 0.642. The second-order valence-corrected chi connectivity index (χ2v) is 5.98. The fraction of sp³-hybridized carbons (Fsp3) is 0.333. The Morgan fingerprint density at radius 3 is 2.53 bits per heavy atom. The first-order valence-corrected chi connectivity index (χ1v) is 7.15. The molecule has 0 radical (unpaired) electrons. The predicted molar refractivity (Wildman–Crippen MR) is 78.7 cm³/mol. The molecule has 0 bridgehead atoms. The summed E-state index contributed by atoms with van der Waals surface area (Å²) in [5.41, 5.74) is 8.63. The average molecular weight is 271 g/mol. The molecule has 19 heavy (non-hydrogen) atoms. The van der Waals surface area contributed by atoms with Crippen LogP contribution in [0, 0.1) is 17.2 Å². The van der Waals surface area contributed by atoms with E-state index in [2.05, 4.69) is 37.0 Å². The zero-order valence-corrected chi connectivity index (χ0v) is 12.0. The van der Waals surface area contributed by atoms with Crippen molar-refractivity contribution in [2.24, 2.45) is 11.7 Å². The number of hydrogen-bond donors (Lipinski definition) is 1. The van der Waals surface area contributed by atoms with Crippen LogP contribution in [0.15, 0.2) is 24.3 Å². The highest BCUT2D eigenvalue weighted by atomic mass is 32.1. The summed E-state index contributed by atoms with van der Waals surface area (Å²) in [4.78, 5) is 5.07. The molecular weight excluding hydrogens is 254 g/mol. The van der Waals surface area contributed by atoms with Gasteiger partial charge < -0.3 is 5.73 Å². The van der Waals surface area contributed by atoms with Gasteiger partial charge in [0.1, 0.15) is 16.0 Å². The topological polar surface area (TPSA) is 62.7 Å². The molecule has 1 aromatic carbocycles. The molecule has 0 saturated heterocycles. The van der Waals surface area contributed by atoms with Crippen molar-refractivity contribution in [2.75, 3.05) is 0 Å². The molecule has 0 spiro atoms.